The molecule has 0 amide bonds. The van der Waals surface area contributed by atoms with Crippen LogP contribution in [0.1, 0.15) is 11.4 Å². The van der Waals surface area contributed by atoms with Gasteiger partial charge in [0.1, 0.15) is 11.3 Å². The first-order valence-electron chi connectivity index (χ1n) is 3.70. The van der Waals surface area contributed by atoms with Crippen molar-refractivity contribution in [1.29, 1.82) is 0 Å². The summed E-state index contributed by atoms with van der Waals surface area (Å²) in [5.74, 6) is 0.612. The van der Waals surface area contributed by atoms with Crippen molar-refractivity contribution in [1.82, 2.24) is 14.6 Å². The van der Waals surface area contributed by atoms with Gasteiger partial charge in [-0.15, -0.1) is 0 Å². The van der Waals surface area contributed by atoms with E-state index in [-0.39, 0.29) is 5.88 Å². The SMILES string of the molecule is Cc1nc(O)c2c(C)ccn2n1. The molecule has 0 radical (unpaired) electrons. The van der Waals surface area contributed by atoms with Gasteiger partial charge in [0.15, 0.2) is 0 Å². The van der Waals surface area contributed by atoms with Crippen LogP contribution < -0.4 is 0 Å². The molecule has 2 aromatic rings. The van der Waals surface area contributed by atoms with Gasteiger partial charge in [-0.3, -0.25) is 0 Å². The maximum Gasteiger partial charge on any atom is 0.239 e. The third-order valence-electron chi connectivity index (χ3n) is 1.80. The fraction of sp³-hybridized carbons (Fsp3) is 0.250. The Bertz CT molecular complexity index is 433. The fourth-order valence-corrected chi connectivity index (χ4v) is 1.26. The van der Waals surface area contributed by atoms with Gasteiger partial charge in [0.25, 0.3) is 0 Å². The number of fused-ring (bicyclic) bond motifs is 1. The second kappa shape index (κ2) is 2.20. The number of hydrogen-bond acceptors (Lipinski definition) is 3. The third kappa shape index (κ3) is 0.845. The largest absolute Gasteiger partial charge is 0.492 e. The summed E-state index contributed by atoms with van der Waals surface area (Å²) in [6.07, 6.45) is 1.80. The Morgan fingerprint density at radius 1 is 1.42 bits per heavy atom. The maximum absolute atomic E-state index is 9.45. The van der Waals surface area contributed by atoms with E-state index in [0.717, 1.165) is 5.56 Å². The average Bonchev–Trinajstić information content (AvgIpc) is 2.31. The van der Waals surface area contributed by atoms with E-state index in [0.29, 0.717) is 11.3 Å². The van der Waals surface area contributed by atoms with Crippen LogP contribution in [0.3, 0.4) is 0 Å². The number of aromatic nitrogens is 3. The molecular formula is C8H9N3O. The van der Waals surface area contributed by atoms with Gasteiger partial charge in [0.2, 0.25) is 5.88 Å². The summed E-state index contributed by atoms with van der Waals surface area (Å²) < 4.78 is 1.63. The van der Waals surface area contributed by atoms with Crippen molar-refractivity contribution in [3.8, 4) is 5.88 Å². The van der Waals surface area contributed by atoms with E-state index in [1.54, 1.807) is 17.6 Å². The molecule has 4 heteroatoms. The molecule has 2 rings (SSSR count). The molecule has 0 aliphatic rings. The molecule has 4 nitrogen and oxygen atoms in total. The van der Waals surface area contributed by atoms with Crippen LogP contribution in [0.25, 0.3) is 5.52 Å². The van der Waals surface area contributed by atoms with Gasteiger partial charge in [-0.05, 0) is 25.5 Å². The molecule has 0 fully saturated rings. The van der Waals surface area contributed by atoms with Crippen LogP contribution in [0, 0.1) is 13.8 Å². The molecule has 0 bridgehead atoms. The molecule has 0 unspecified atom stereocenters. The maximum atomic E-state index is 9.45. The highest BCUT2D eigenvalue weighted by molar-refractivity contribution is 5.61. The lowest BCUT2D eigenvalue weighted by Gasteiger charge is -1.98. The van der Waals surface area contributed by atoms with E-state index < -0.39 is 0 Å². The van der Waals surface area contributed by atoms with E-state index in [1.807, 2.05) is 13.0 Å². The summed E-state index contributed by atoms with van der Waals surface area (Å²) >= 11 is 0. The molecule has 0 atom stereocenters. The minimum atomic E-state index is 0.0463. The molecule has 2 heterocycles. The average molecular weight is 163 g/mol. The van der Waals surface area contributed by atoms with Gasteiger partial charge in [-0.25, -0.2) is 4.52 Å². The standard InChI is InChI=1S/C8H9N3O/c1-5-3-4-11-7(5)8(12)9-6(2)10-11/h3-4H,1-2H3,(H,9,10,12). The van der Waals surface area contributed by atoms with Crippen LogP contribution in [0.5, 0.6) is 5.88 Å². The van der Waals surface area contributed by atoms with Crippen molar-refractivity contribution in [2.24, 2.45) is 0 Å². The molecule has 0 saturated heterocycles. The molecule has 0 spiro atoms. The minimum absolute atomic E-state index is 0.0463. The number of aromatic hydroxyl groups is 1. The zero-order valence-electron chi connectivity index (χ0n) is 6.94. The lowest BCUT2D eigenvalue weighted by molar-refractivity contribution is 0.451. The molecule has 12 heavy (non-hydrogen) atoms. The summed E-state index contributed by atoms with van der Waals surface area (Å²) in [6, 6.07) is 1.89. The number of rotatable bonds is 0. The predicted octanol–water partition coefficient (Wildman–Crippen LogP) is 1.05. The summed E-state index contributed by atoms with van der Waals surface area (Å²) in [5.41, 5.74) is 1.66. The van der Waals surface area contributed by atoms with E-state index in [9.17, 15) is 5.11 Å². The molecule has 2 aromatic heterocycles. The lowest BCUT2D eigenvalue weighted by Crippen LogP contribution is -1.96. The first-order chi connectivity index (χ1) is 5.68. The van der Waals surface area contributed by atoms with Crippen LogP contribution in [0.2, 0.25) is 0 Å². The quantitative estimate of drug-likeness (QED) is 0.631. The Hall–Kier alpha value is -1.58. The summed E-state index contributed by atoms with van der Waals surface area (Å²) in [4.78, 5) is 3.86. The van der Waals surface area contributed by atoms with Crippen LogP contribution >= 0.6 is 0 Å². The fourth-order valence-electron chi connectivity index (χ4n) is 1.26. The van der Waals surface area contributed by atoms with Gasteiger partial charge in [0.05, 0.1) is 0 Å². The van der Waals surface area contributed by atoms with E-state index in [2.05, 4.69) is 10.1 Å². The molecule has 1 N–H and O–H groups in total. The Morgan fingerprint density at radius 3 is 2.92 bits per heavy atom. The summed E-state index contributed by atoms with van der Waals surface area (Å²) in [5, 5.41) is 13.6. The number of aryl methyl sites for hydroxylation is 2. The lowest BCUT2D eigenvalue weighted by atomic mass is 10.3. The van der Waals surface area contributed by atoms with E-state index in [1.165, 1.54) is 0 Å². The minimum Gasteiger partial charge on any atom is -0.492 e. The Kier molecular flexibility index (Phi) is 1.30. The number of nitrogens with zero attached hydrogens (tertiary/aromatic N) is 3. The second-order valence-electron chi connectivity index (χ2n) is 2.77. The molecule has 0 aliphatic carbocycles. The third-order valence-corrected chi connectivity index (χ3v) is 1.80. The Balaban J connectivity index is 2.93. The van der Waals surface area contributed by atoms with E-state index in [4.69, 9.17) is 0 Å². The normalized spacial score (nSPS) is 10.8. The molecule has 62 valence electrons. The Morgan fingerprint density at radius 2 is 2.17 bits per heavy atom. The highest BCUT2D eigenvalue weighted by Crippen LogP contribution is 2.18. The van der Waals surface area contributed by atoms with Crippen LogP contribution in [-0.4, -0.2) is 19.7 Å². The smallest absolute Gasteiger partial charge is 0.239 e. The Labute approximate surface area is 69.5 Å². The molecule has 0 saturated carbocycles. The van der Waals surface area contributed by atoms with Crippen molar-refractivity contribution in [2.45, 2.75) is 13.8 Å². The van der Waals surface area contributed by atoms with Crippen LogP contribution in [0.15, 0.2) is 12.3 Å². The zero-order valence-corrected chi connectivity index (χ0v) is 6.94. The van der Waals surface area contributed by atoms with Crippen LogP contribution in [-0.2, 0) is 0 Å². The van der Waals surface area contributed by atoms with Gasteiger partial charge in [-0.1, -0.05) is 0 Å². The van der Waals surface area contributed by atoms with Gasteiger partial charge >= 0.3 is 0 Å². The van der Waals surface area contributed by atoms with Gasteiger partial charge < -0.3 is 5.11 Å². The van der Waals surface area contributed by atoms with Crippen molar-refractivity contribution in [3.63, 3.8) is 0 Å². The zero-order chi connectivity index (χ0) is 8.72. The monoisotopic (exact) mass is 163 g/mol. The highest BCUT2D eigenvalue weighted by atomic mass is 16.3. The van der Waals surface area contributed by atoms with Crippen molar-refractivity contribution in [2.75, 3.05) is 0 Å². The van der Waals surface area contributed by atoms with Crippen molar-refractivity contribution in [3.05, 3.63) is 23.7 Å². The van der Waals surface area contributed by atoms with Crippen molar-refractivity contribution < 1.29 is 5.11 Å². The van der Waals surface area contributed by atoms with Gasteiger partial charge in [0, 0.05) is 6.20 Å². The van der Waals surface area contributed by atoms with Gasteiger partial charge in [-0.2, -0.15) is 10.1 Å². The molecule has 0 aromatic carbocycles. The van der Waals surface area contributed by atoms with Crippen LogP contribution in [0.4, 0.5) is 0 Å². The second-order valence-corrected chi connectivity index (χ2v) is 2.77. The molecule has 0 aliphatic heterocycles. The van der Waals surface area contributed by atoms with E-state index >= 15 is 0 Å². The molecular weight excluding hydrogens is 154 g/mol. The predicted molar refractivity (Wildman–Crippen MR) is 44.1 cm³/mol. The first kappa shape index (κ1) is 7.09. The number of hydrogen-bond donors (Lipinski definition) is 1. The highest BCUT2D eigenvalue weighted by Gasteiger charge is 2.06. The topological polar surface area (TPSA) is 50.4 Å². The summed E-state index contributed by atoms with van der Waals surface area (Å²) in [7, 11) is 0. The first-order valence-corrected chi connectivity index (χ1v) is 3.70. The summed E-state index contributed by atoms with van der Waals surface area (Å²) in [6.45, 7) is 3.66. The van der Waals surface area contributed by atoms with Crippen molar-refractivity contribution >= 4 is 5.52 Å².